The number of methoxy groups -OCH3 is 1. The molecule has 0 spiro atoms. The van der Waals surface area contributed by atoms with Gasteiger partial charge in [-0.05, 0) is 6.42 Å². The molecule has 6 nitrogen and oxygen atoms in total. The molecule has 92 valence electrons. The number of likely N-dealkylation sites (N-methyl/N-ethyl adjacent to an activating group) is 2. The summed E-state index contributed by atoms with van der Waals surface area (Å²) in [5.41, 5.74) is 0. The number of nitrogens with zero attached hydrogens (tertiary/aromatic N) is 1. The summed E-state index contributed by atoms with van der Waals surface area (Å²) in [6, 6.07) is -0.236. The fraction of sp³-hybridized carbons (Fsp3) is 0.800. The van der Waals surface area contributed by atoms with Crippen LogP contribution in [0.4, 0.5) is 0 Å². The second-order valence-corrected chi connectivity index (χ2v) is 3.92. The smallest absolute Gasteiger partial charge is 0.240 e. The summed E-state index contributed by atoms with van der Waals surface area (Å²) in [4.78, 5) is 24.4. The number of amides is 2. The van der Waals surface area contributed by atoms with E-state index in [9.17, 15) is 9.59 Å². The molecule has 2 unspecified atom stereocenters. The number of hydrogen-bond donors (Lipinski definition) is 2. The maximum Gasteiger partial charge on any atom is 0.240 e. The van der Waals surface area contributed by atoms with Crippen molar-refractivity contribution in [1.82, 2.24) is 15.5 Å². The van der Waals surface area contributed by atoms with E-state index in [1.165, 1.54) is 4.90 Å². The topological polar surface area (TPSA) is 70.7 Å². The zero-order valence-electron chi connectivity index (χ0n) is 9.95. The third-order valence-corrected chi connectivity index (χ3v) is 2.76. The first-order valence-corrected chi connectivity index (χ1v) is 5.30. The van der Waals surface area contributed by atoms with Crippen LogP contribution in [0.1, 0.15) is 6.42 Å². The first kappa shape index (κ1) is 12.9. The quantitative estimate of drug-likeness (QED) is 0.620. The van der Waals surface area contributed by atoms with Crippen LogP contribution in [-0.2, 0) is 14.3 Å². The first-order valence-electron chi connectivity index (χ1n) is 5.30. The van der Waals surface area contributed by atoms with Gasteiger partial charge in [0.25, 0.3) is 0 Å². The molecule has 0 radical (unpaired) electrons. The monoisotopic (exact) mass is 229 g/mol. The van der Waals surface area contributed by atoms with Crippen molar-refractivity contribution in [3.05, 3.63) is 0 Å². The molecule has 0 aromatic rings. The number of rotatable bonds is 4. The minimum Gasteiger partial charge on any atom is -0.380 e. The summed E-state index contributed by atoms with van der Waals surface area (Å²) < 4.78 is 5.16. The first-order chi connectivity index (χ1) is 7.58. The minimum absolute atomic E-state index is 0.0665. The number of nitrogens with one attached hydrogen (secondary N) is 2. The Hall–Kier alpha value is -1.14. The van der Waals surface area contributed by atoms with Gasteiger partial charge in [-0.25, -0.2) is 0 Å². The van der Waals surface area contributed by atoms with Gasteiger partial charge in [0, 0.05) is 27.7 Å². The van der Waals surface area contributed by atoms with Gasteiger partial charge < -0.3 is 20.3 Å². The Kier molecular flexibility index (Phi) is 4.70. The van der Waals surface area contributed by atoms with Crippen LogP contribution in [0.2, 0.25) is 0 Å². The molecular formula is C10H19N3O3. The van der Waals surface area contributed by atoms with Crippen LogP contribution in [0.3, 0.4) is 0 Å². The Balaban J connectivity index is 2.42. The van der Waals surface area contributed by atoms with Crippen molar-refractivity contribution in [3.63, 3.8) is 0 Å². The summed E-state index contributed by atoms with van der Waals surface area (Å²) >= 11 is 0. The van der Waals surface area contributed by atoms with Crippen molar-refractivity contribution >= 4 is 11.8 Å². The molecular weight excluding hydrogens is 210 g/mol. The molecule has 16 heavy (non-hydrogen) atoms. The van der Waals surface area contributed by atoms with Crippen molar-refractivity contribution < 1.29 is 14.3 Å². The molecule has 0 saturated carbocycles. The van der Waals surface area contributed by atoms with Crippen molar-refractivity contribution in [3.8, 4) is 0 Å². The molecule has 1 saturated heterocycles. The summed E-state index contributed by atoms with van der Waals surface area (Å²) in [6.07, 6.45) is 0.746. The molecule has 1 fully saturated rings. The van der Waals surface area contributed by atoms with Gasteiger partial charge in [-0.15, -0.1) is 0 Å². The largest absolute Gasteiger partial charge is 0.380 e. The molecule has 2 N–H and O–H groups in total. The standard InChI is InChI=1S/C10H19N3O3/c1-11-9(14)6-13(2)10(15)8-4-7(16-3)5-12-8/h7-8,12H,4-6H2,1-3H3,(H,11,14). The highest BCUT2D eigenvalue weighted by Crippen LogP contribution is 2.11. The van der Waals surface area contributed by atoms with E-state index in [4.69, 9.17) is 4.74 Å². The van der Waals surface area contributed by atoms with E-state index in [0.717, 1.165) is 0 Å². The van der Waals surface area contributed by atoms with Crippen LogP contribution in [-0.4, -0.2) is 63.2 Å². The van der Waals surface area contributed by atoms with Crippen LogP contribution < -0.4 is 10.6 Å². The number of hydrogen-bond acceptors (Lipinski definition) is 4. The fourth-order valence-electron chi connectivity index (χ4n) is 1.71. The third kappa shape index (κ3) is 3.18. The Labute approximate surface area is 95.3 Å². The summed E-state index contributed by atoms with van der Waals surface area (Å²) in [7, 11) is 4.81. The van der Waals surface area contributed by atoms with Gasteiger partial charge in [0.1, 0.15) is 0 Å². The Morgan fingerprint density at radius 3 is 2.75 bits per heavy atom. The van der Waals surface area contributed by atoms with Crippen LogP contribution in [0, 0.1) is 0 Å². The highest BCUT2D eigenvalue weighted by Gasteiger charge is 2.31. The molecule has 2 atom stereocenters. The number of carbonyl (C=O) groups excluding carboxylic acids is 2. The molecule has 0 aromatic heterocycles. The van der Waals surface area contributed by atoms with E-state index in [1.54, 1.807) is 21.2 Å². The van der Waals surface area contributed by atoms with Gasteiger partial charge in [0.15, 0.2) is 0 Å². The second-order valence-electron chi connectivity index (χ2n) is 3.92. The van der Waals surface area contributed by atoms with E-state index in [-0.39, 0.29) is 30.5 Å². The predicted molar refractivity (Wildman–Crippen MR) is 58.9 cm³/mol. The molecule has 1 aliphatic heterocycles. The molecule has 6 heteroatoms. The third-order valence-electron chi connectivity index (χ3n) is 2.76. The predicted octanol–water partition coefficient (Wildman–Crippen LogP) is -1.43. The SMILES string of the molecule is CNC(=O)CN(C)C(=O)C1CC(OC)CN1. The highest BCUT2D eigenvalue weighted by molar-refractivity contribution is 5.87. The van der Waals surface area contributed by atoms with Gasteiger partial charge in [-0.1, -0.05) is 0 Å². The van der Waals surface area contributed by atoms with Crippen LogP contribution in [0.25, 0.3) is 0 Å². The van der Waals surface area contributed by atoms with E-state index in [2.05, 4.69) is 10.6 Å². The maximum absolute atomic E-state index is 11.9. The van der Waals surface area contributed by atoms with Crippen molar-refractivity contribution in [2.45, 2.75) is 18.6 Å². The lowest BCUT2D eigenvalue weighted by Crippen LogP contribution is -2.45. The van der Waals surface area contributed by atoms with Gasteiger partial charge in [-0.2, -0.15) is 0 Å². The second kappa shape index (κ2) is 5.81. The van der Waals surface area contributed by atoms with Crippen molar-refractivity contribution in [2.24, 2.45) is 0 Å². The highest BCUT2D eigenvalue weighted by atomic mass is 16.5. The fourth-order valence-corrected chi connectivity index (χ4v) is 1.71. The van der Waals surface area contributed by atoms with Crippen molar-refractivity contribution in [1.29, 1.82) is 0 Å². The number of carbonyl (C=O) groups is 2. The minimum atomic E-state index is -0.236. The lowest BCUT2D eigenvalue weighted by atomic mass is 10.2. The van der Waals surface area contributed by atoms with Gasteiger partial charge in [0.05, 0.1) is 18.7 Å². The van der Waals surface area contributed by atoms with E-state index >= 15 is 0 Å². The molecule has 0 aliphatic carbocycles. The molecule has 0 aromatic carbocycles. The normalized spacial score (nSPS) is 24.2. The van der Waals surface area contributed by atoms with E-state index < -0.39 is 0 Å². The molecule has 1 heterocycles. The molecule has 1 aliphatic rings. The summed E-state index contributed by atoms with van der Waals surface area (Å²) in [6.45, 7) is 0.770. The van der Waals surface area contributed by atoms with E-state index in [0.29, 0.717) is 13.0 Å². The van der Waals surface area contributed by atoms with Gasteiger partial charge in [-0.3, -0.25) is 9.59 Å². The molecule has 2 amide bonds. The zero-order valence-corrected chi connectivity index (χ0v) is 9.95. The Bertz CT molecular complexity index is 270. The lowest BCUT2D eigenvalue weighted by molar-refractivity contribution is -0.136. The van der Waals surface area contributed by atoms with Crippen molar-refractivity contribution in [2.75, 3.05) is 34.3 Å². The average molecular weight is 229 g/mol. The lowest BCUT2D eigenvalue weighted by Gasteiger charge is -2.20. The van der Waals surface area contributed by atoms with Crippen LogP contribution in [0.5, 0.6) is 0 Å². The molecule has 1 rings (SSSR count). The van der Waals surface area contributed by atoms with Crippen LogP contribution >= 0.6 is 0 Å². The average Bonchev–Trinajstić information content (AvgIpc) is 2.76. The van der Waals surface area contributed by atoms with E-state index in [1.807, 2.05) is 0 Å². The Morgan fingerprint density at radius 1 is 1.56 bits per heavy atom. The van der Waals surface area contributed by atoms with Gasteiger partial charge in [0.2, 0.25) is 11.8 Å². The summed E-state index contributed by atoms with van der Waals surface area (Å²) in [5, 5.41) is 5.56. The zero-order chi connectivity index (χ0) is 12.1. The Morgan fingerprint density at radius 2 is 2.25 bits per heavy atom. The number of ether oxygens (including phenoxy) is 1. The van der Waals surface area contributed by atoms with Crippen LogP contribution in [0.15, 0.2) is 0 Å². The maximum atomic E-state index is 11.9. The van der Waals surface area contributed by atoms with Gasteiger partial charge >= 0.3 is 0 Å². The molecule has 0 bridgehead atoms. The summed E-state index contributed by atoms with van der Waals surface area (Å²) in [5.74, 6) is -0.236.